The van der Waals surface area contributed by atoms with Crippen LogP contribution >= 0.6 is 0 Å². The summed E-state index contributed by atoms with van der Waals surface area (Å²) in [6, 6.07) is 14.4. The summed E-state index contributed by atoms with van der Waals surface area (Å²) in [5, 5.41) is 8.75. The van der Waals surface area contributed by atoms with E-state index in [0.717, 1.165) is 5.56 Å². The normalized spacial score (nSPS) is 10.8. The molecule has 3 heteroatoms. The number of hydrogen-bond acceptors (Lipinski definition) is 3. The van der Waals surface area contributed by atoms with E-state index in [9.17, 15) is 4.79 Å². The molecular formula is C17H17NO2. The van der Waals surface area contributed by atoms with Crippen LogP contribution in [0.25, 0.3) is 6.08 Å². The van der Waals surface area contributed by atoms with E-state index in [1.54, 1.807) is 24.3 Å². The van der Waals surface area contributed by atoms with Crippen molar-refractivity contribution in [3.05, 3.63) is 71.3 Å². The number of carbonyl (C=O) groups is 1. The van der Waals surface area contributed by atoms with Gasteiger partial charge in [-0.05, 0) is 24.1 Å². The topological polar surface area (TPSA) is 63.3 Å². The summed E-state index contributed by atoms with van der Waals surface area (Å²) in [6.45, 7) is 0.112. The van der Waals surface area contributed by atoms with Gasteiger partial charge in [-0.25, -0.2) is 0 Å². The van der Waals surface area contributed by atoms with Gasteiger partial charge in [0.1, 0.15) is 0 Å². The third-order valence-corrected chi connectivity index (χ3v) is 2.96. The maximum absolute atomic E-state index is 12.4. The molecule has 2 aromatic rings. The second-order valence-corrected chi connectivity index (χ2v) is 4.46. The molecule has 3 N–H and O–H groups in total. The van der Waals surface area contributed by atoms with Crippen LogP contribution in [-0.2, 0) is 0 Å². The molecule has 0 amide bonds. The lowest BCUT2D eigenvalue weighted by Crippen LogP contribution is -2.05. The van der Waals surface area contributed by atoms with E-state index in [1.807, 2.05) is 36.4 Å². The van der Waals surface area contributed by atoms with E-state index in [-0.39, 0.29) is 12.4 Å². The van der Waals surface area contributed by atoms with Gasteiger partial charge in [-0.1, -0.05) is 48.6 Å². The molecular weight excluding hydrogens is 250 g/mol. The number of hydrogen-bond donors (Lipinski definition) is 2. The van der Waals surface area contributed by atoms with Crippen molar-refractivity contribution in [1.29, 1.82) is 0 Å². The Morgan fingerprint density at radius 2 is 1.90 bits per heavy atom. The lowest BCUT2D eigenvalue weighted by atomic mass is 9.99. The molecule has 0 radical (unpaired) electrons. The fourth-order valence-corrected chi connectivity index (χ4v) is 1.91. The molecule has 0 aliphatic heterocycles. The Morgan fingerprint density at radius 3 is 2.60 bits per heavy atom. The van der Waals surface area contributed by atoms with Crippen molar-refractivity contribution in [2.45, 2.75) is 6.42 Å². The maximum atomic E-state index is 12.4. The second-order valence-electron chi connectivity index (χ2n) is 4.46. The summed E-state index contributed by atoms with van der Waals surface area (Å²) in [6.07, 6.45) is 4.33. The van der Waals surface area contributed by atoms with Crippen LogP contribution in [-0.4, -0.2) is 17.5 Å². The van der Waals surface area contributed by atoms with Crippen LogP contribution in [0.2, 0.25) is 0 Å². The zero-order chi connectivity index (χ0) is 14.4. The number of aliphatic hydroxyl groups is 1. The van der Waals surface area contributed by atoms with Gasteiger partial charge in [0.25, 0.3) is 0 Å². The van der Waals surface area contributed by atoms with Crippen LogP contribution < -0.4 is 5.73 Å². The Labute approximate surface area is 118 Å². The molecule has 0 fully saturated rings. The number of benzene rings is 2. The van der Waals surface area contributed by atoms with Crippen LogP contribution in [0.1, 0.15) is 27.9 Å². The van der Waals surface area contributed by atoms with Gasteiger partial charge in [0.15, 0.2) is 5.78 Å². The third-order valence-electron chi connectivity index (χ3n) is 2.96. The van der Waals surface area contributed by atoms with Crippen molar-refractivity contribution in [3.8, 4) is 0 Å². The molecule has 0 bridgehead atoms. The van der Waals surface area contributed by atoms with Gasteiger partial charge in [0.05, 0.1) is 0 Å². The summed E-state index contributed by atoms with van der Waals surface area (Å²) >= 11 is 0. The summed E-state index contributed by atoms with van der Waals surface area (Å²) in [4.78, 5) is 12.4. The zero-order valence-electron chi connectivity index (χ0n) is 11.1. The van der Waals surface area contributed by atoms with Gasteiger partial charge >= 0.3 is 0 Å². The van der Waals surface area contributed by atoms with Crippen molar-refractivity contribution in [1.82, 2.24) is 0 Å². The molecule has 3 nitrogen and oxygen atoms in total. The van der Waals surface area contributed by atoms with Crippen molar-refractivity contribution in [3.63, 3.8) is 0 Å². The van der Waals surface area contributed by atoms with Gasteiger partial charge in [0.2, 0.25) is 0 Å². The predicted octanol–water partition coefficient (Wildman–Crippen LogP) is 2.90. The van der Waals surface area contributed by atoms with Crippen LogP contribution in [0, 0.1) is 0 Å². The molecule has 0 aliphatic carbocycles. The number of ketones is 1. The first-order chi connectivity index (χ1) is 9.72. The van der Waals surface area contributed by atoms with E-state index < -0.39 is 0 Å². The number of nitrogen functional groups attached to an aromatic ring is 1. The fourth-order valence-electron chi connectivity index (χ4n) is 1.91. The molecule has 20 heavy (non-hydrogen) atoms. The van der Waals surface area contributed by atoms with E-state index in [0.29, 0.717) is 23.2 Å². The molecule has 102 valence electrons. The highest BCUT2D eigenvalue weighted by Crippen LogP contribution is 2.19. The highest BCUT2D eigenvalue weighted by molar-refractivity contribution is 6.12. The second kappa shape index (κ2) is 6.68. The predicted molar refractivity (Wildman–Crippen MR) is 81.5 cm³/mol. The molecule has 0 unspecified atom stereocenters. The van der Waals surface area contributed by atoms with E-state index in [2.05, 4.69) is 0 Å². The smallest absolute Gasteiger partial charge is 0.195 e. The Hall–Kier alpha value is -2.39. The SMILES string of the molecule is Nc1ccc(C=CCCO)cc1C(=O)c1ccccc1. The molecule has 0 saturated heterocycles. The first kappa shape index (κ1) is 14.0. The number of nitrogens with two attached hydrogens (primary N) is 1. The van der Waals surface area contributed by atoms with Crippen LogP contribution in [0.3, 0.4) is 0 Å². The minimum absolute atomic E-state index is 0.0829. The Morgan fingerprint density at radius 1 is 1.15 bits per heavy atom. The van der Waals surface area contributed by atoms with Crippen molar-refractivity contribution in [2.24, 2.45) is 0 Å². The number of anilines is 1. The van der Waals surface area contributed by atoms with Crippen LogP contribution in [0.5, 0.6) is 0 Å². The highest BCUT2D eigenvalue weighted by atomic mass is 16.2. The highest BCUT2D eigenvalue weighted by Gasteiger charge is 2.12. The number of aliphatic hydroxyl groups excluding tert-OH is 1. The lowest BCUT2D eigenvalue weighted by Gasteiger charge is -2.06. The van der Waals surface area contributed by atoms with Gasteiger partial charge < -0.3 is 10.8 Å². The minimum Gasteiger partial charge on any atom is -0.398 e. The van der Waals surface area contributed by atoms with E-state index >= 15 is 0 Å². The summed E-state index contributed by atoms with van der Waals surface area (Å²) in [5.41, 5.74) is 8.39. The lowest BCUT2D eigenvalue weighted by molar-refractivity contribution is 0.103. The summed E-state index contributed by atoms with van der Waals surface area (Å²) in [5.74, 6) is -0.0829. The van der Waals surface area contributed by atoms with Gasteiger partial charge in [-0.3, -0.25) is 4.79 Å². The number of carbonyl (C=O) groups excluding carboxylic acids is 1. The van der Waals surface area contributed by atoms with E-state index in [1.165, 1.54) is 0 Å². The molecule has 2 aromatic carbocycles. The third kappa shape index (κ3) is 3.33. The van der Waals surface area contributed by atoms with Crippen LogP contribution in [0.4, 0.5) is 5.69 Å². The molecule has 0 aromatic heterocycles. The standard InChI is InChI=1S/C17H17NO2/c18-16-10-9-13(6-4-5-11-19)12-15(16)17(20)14-7-2-1-3-8-14/h1-4,6-10,12,19H,5,11,18H2. The first-order valence-corrected chi connectivity index (χ1v) is 6.49. The van der Waals surface area contributed by atoms with Crippen molar-refractivity contribution in [2.75, 3.05) is 12.3 Å². The van der Waals surface area contributed by atoms with Crippen molar-refractivity contribution < 1.29 is 9.90 Å². The molecule has 0 aliphatic rings. The quantitative estimate of drug-likeness (QED) is 0.646. The fraction of sp³-hybridized carbons (Fsp3) is 0.118. The summed E-state index contributed by atoms with van der Waals surface area (Å²) in [7, 11) is 0. The molecule has 2 rings (SSSR count). The van der Waals surface area contributed by atoms with E-state index in [4.69, 9.17) is 10.8 Å². The van der Waals surface area contributed by atoms with Gasteiger partial charge in [-0.2, -0.15) is 0 Å². The largest absolute Gasteiger partial charge is 0.398 e. The molecule has 0 spiro atoms. The Bertz CT molecular complexity index is 618. The minimum atomic E-state index is -0.0829. The Kier molecular flexibility index (Phi) is 4.69. The first-order valence-electron chi connectivity index (χ1n) is 6.49. The molecule has 0 heterocycles. The summed E-state index contributed by atoms with van der Waals surface area (Å²) < 4.78 is 0. The monoisotopic (exact) mass is 267 g/mol. The molecule has 0 saturated carbocycles. The van der Waals surface area contributed by atoms with Crippen molar-refractivity contribution >= 4 is 17.5 Å². The van der Waals surface area contributed by atoms with Crippen LogP contribution in [0.15, 0.2) is 54.6 Å². The molecule has 0 atom stereocenters. The Balaban J connectivity index is 2.31. The average molecular weight is 267 g/mol. The number of rotatable bonds is 5. The van der Waals surface area contributed by atoms with Gasteiger partial charge in [-0.15, -0.1) is 0 Å². The average Bonchev–Trinajstić information content (AvgIpc) is 2.49. The maximum Gasteiger partial charge on any atom is 0.195 e. The van der Waals surface area contributed by atoms with Gasteiger partial charge in [0, 0.05) is 23.4 Å². The zero-order valence-corrected chi connectivity index (χ0v) is 11.1.